The van der Waals surface area contributed by atoms with Crippen molar-refractivity contribution < 1.29 is 14.3 Å². The molecule has 0 spiro atoms. The van der Waals surface area contributed by atoms with Gasteiger partial charge in [-0.3, -0.25) is 9.59 Å². The molecular weight excluding hydrogens is 577 g/mol. The molecule has 186 valence electrons. The van der Waals surface area contributed by atoms with Gasteiger partial charge in [-0.15, -0.1) is 10.2 Å². The van der Waals surface area contributed by atoms with Gasteiger partial charge in [0.2, 0.25) is 5.91 Å². The first-order valence-corrected chi connectivity index (χ1v) is 13.4. The SMILES string of the molecule is CCn1c(CNC(=O)COc2cc(C)ccc2C(C)C)nnc1SCC(=O)Nc1ccc(I)cc1. The van der Waals surface area contributed by atoms with E-state index in [0.717, 1.165) is 26.1 Å². The van der Waals surface area contributed by atoms with Crippen LogP contribution < -0.4 is 15.4 Å². The number of benzene rings is 2. The predicted octanol–water partition coefficient (Wildman–Crippen LogP) is 4.76. The molecule has 2 amide bonds. The normalized spacial score (nSPS) is 10.9. The van der Waals surface area contributed by atoms with Crippen molar-refractivity contribution >= 4 is 51.9 Å². The molecule has 1 aromatic heterocycles. The van der Waals surface area contributed by atoms with E-state index in [1.807, 2.05) is 60.9 Å². The molecule has 0 aliphatic rings. The van der Waals surface area contributed by atoms with Crippen LogP contribution in [0.2, 0.25) is 0 Å². The Kier molecular flexibility index (Phi) is 9.96. The van der Waals surface area contributed by atoms with Crippen molar-refractivity contribution in [3.05, 3.63) is 63.0 Å². The average Bonchev–Trinajstić information content (AvgIpc) is 3.23. The maximum atomic E-state index is 12.4. The third-order valence-corrected chi connectivity index (χ3v) is 6.85. The number of aromatic nitrogens is 3. The number of anilines is 1. The zero-order chi connectivity index (χ0) is 25.4. The van der Waals surface area contributed by atoms with Gasteiger partial charge in [-0.25, -0.2) is 0 Å². The molecule has 0 radical (unpaired) electrons. The van der Waals surface area contributed by atoms with Gasteiger partial charge in [0.15, 0.2) is 17.6 Å². The first kappa shape index (κ1) is 27.0. The van der Waals surface area contributed by atoms with Crippen LogP contribution in [0.15, 0.2) is 47.6 Å². The van der Waals surface area contributed by atoms with E-state index in [0.29, 0.717) is 23.4 Å². The first-order chi connectivity index (χ1) is 16.8. The second-order valence-corrected chi connectivity index (χ2v) is 10.4. The van der Waals surface area contributed by atoms with E-state index in [9.17, 15) is 9.59 Å². The quantitative estimate of drug-likeness (QED) is 0.241. The Labute approximate surface area is 223 Å². The fourth-order valence-electron chi connectivity index (χ4n) is 3.35. The number of aryl methyl sites for hydroxylation is 1. The number of nitrogens with zero attached hydrogens (tertiary/aromatic N) is 3. The summed E-state index contributed by atoms with van der Waals surface area (Å²) in [5.74, 6) is 1.50. The molecule has 0 bridgehead atoms. The summed E-state index contributed by atoms with van der Waals surface area (Å²) < 4.78 is 8.80. The predicted molar refractivity (Wildman–Crippen MR) is 147 cm³/mol. The standard InChI is InChI=1S/C25H30IN5O3S/c1-5-31-22(13-27-23(32)14-34-21-12-17(4)6-11-20(21)16(2)3)29-30-25(31)35-15-24(33)28-19-9-7-18(26)8-10-19/h6-12,16H,5,13-15H2,1-4H3,(H,27,32)(H,28,33). The number of carbonyl (C=O) groups is 2. The molecule has 0 atom stereocenters. The monoisotopic (exact) mass is 607 g/mol. The first-order valence-electron chi connectivity index (χ1n) is 11.4. The van der Waals surface area contributed by atoms with E-state index < -0.39 is 0 Å². The van der Waals surface area contributed by atoms with E-state index >= 15 is 0 Å². The molecule has 0 unspecified atom stereocenters. The summed E-state index contributed by atoms with van der Waals surface area (Å²) in [4.78, 5) is 24.7. The van der Waals surface area contributed by atoms with Crippen LogP contribution in [0.25, 0.3) is 0 Å². The minimum Gasteiger partial charge on any atom is -0.483 e. The molecule has 0 fully saturated rings. The molecular formula is C25H30IN5O3S. The number of thioether (sulfide) groups is 1. The number of nitrogens with one attached hydrogen (secondary N) is 2. The summed E-state index contributed by atoms with van der Waals surface area (Å²) >= 11 is 3.53. The second-order valence-electron chi connectivity index (χ2n) is 8.25. The number of rotatable bonds is 11. The Morgan fingerprint density at radius 3 is 2.54 bits per heavy atom. The Morgan fingerprint density at radius 1 is 1.11 bits per heavy atom. The molecule has 1 heterocycles. The summed E-state index contributed by atoms with van der Waals surface area (Å²) in [5, 5.41) is 14.8. The lowest BCUT2D eigenvalue weighted by Gasteiger charge is -2.15. The Hall–Kier alpha value is -2.60. The highest BCUT2D eigenvalue weighted by Gasteiger charge is 2.15. The Balaban J connectivity index is 1.51. The highest BCUT2D eigenvalue weighted by atomic mass is 127. The van der Waals surface area contributed by atoms with E-state index in [4.69, 9.17) is 4.74 Å². The van der Waals surface area contributed by atoms with Gasteiger partial charge in [-0.1, -0.05) is 37.7 Å². The molecule has 3 rings (SSSR count). The van der Waals surface area contributed by atoms with Crippen LogP contribution in [0.4, 0.5) is 5.69 Å². The fourth-order valence-corrected chi connectivity index (χ4v) is 4.53. The summed E-state index contributed by atoms with van der Waals surface area (Å²) in [7, 11) is 0. The number of carbonyl (C=O) groups excluding carboxylic acids is 2. The van der Waals surface area contributed by atoms with Crippen LogP contribution in [0, 0.1) is 10.5 Å². The molecule has 0 aliphatic heterocycles. The molecule has 35 heavy (non-hydrogen) atoms. The van der Waals surface area contributed by atoms with Crippen molar-refractivity contribution in [1.82, 2.24) is 20.1 Å². The zero-order valence-electron chi connectivity index (χ0n) is 20.3. The summed E-state index contributed by atoms with van der Waals surface area (Å²) in [6.45, 7) is 8.92. The molecule has 3 aromatic rings. The van der Waals surface area contributed by atoms with Crippen molar-refractivity contribution in [1.29, 1.82) is 0 Å². The van der Waals surface area contributed by atoms with Crippen molar-refractivity contribution in [2.24, 2.45) is 0 Å². The largest absolute Gasteiger partial charge is 0.483 e. The van der Waals surface area contributed by atoms with Gasteiger partial charge >= 0.3 is 0 Å². The lowest BCUT2D eigenvalue weighted by molar-refractivity contribution is -0.123. The molecule has 2 N–H and O–H groups in total. The zero-order valence-corrected chi connectivity index (χ0v) is 23.3. The summed E-state index contributed by atoms with van der Waals surface area (Å²) in [5.41, 5.74) is 2.91. The van der Waals surface area contributed by atoms with Crippen LogP contribution in [-0.4, -0.2) is 38.9 Å². The third-order valence-electron chi connectivity index (χ3n) is 5.16. The van der Waals surface area contributed by atoms with Gasteiger partial charge in [0, 0.05) is 15.8 Å². The minimum absolute atomic E-state index is 0.0796. The lowest BCUT2D eigenvalue weighted by atomic mass is 10.0. The molecule has 0 saturated carbocycles. The van der Waals surface area contributed by atoms with Gasteiger partial charge in [0.25, 0.3) is 5.91 Å². The summed E-state index contributed by atoms with van der Waals surface area (Å²) in [6, 6.07) is 13.6. The number of ether oxygens (including phenoxy) is 1. The van der Waals surface area contributed by atoms with Crippen molar-refractivity contribution in [3.63, 3.8) is 0 Å². The highest BCUT2D eigenvalue weighted by molar-refractivity contribution is 14.1. The Morgan fingerprint density at radius 2 is 1.86 bits per heavy atom. The topological polar surface area (TPSA) is 98.1 Å². The Bertz CT molecular complexity index is 1160. The van der Waals surface area contributed by atoms with E-state index in [1.54, 1.807) is 0 Å². The maximum Gasteiger partial charge on any atom is 0.258 e. The summed E-state index contributed by atoms with van der Waals surface area (Å²) in [6.07, 6.45) is 0. The van der Waals surface area contributed by atoms with E-state index in [-0.39, 0.29) is 30.7 Å². The lowest BCUT2D eigenvalue weighted by Crippen LogP contribution is -2.29. The van der Waals surface area contributed by atoms with Gasteiger partial charge in [0.05, 0.1) is 12.3 Å². The second kappa shape index (κ2) is 12.9. The maximum absolute atomic E-state index is 12.4. The smallest absolute Gasteiger partial charge is 0.258 e. The molecule has 8 nitrogen and oxygen atoms in total. The van der Waals surface area contributed by atoms with Gasteiger partial charge in [0.1, 0.15) is 5.75 Å². The van der Waals surface area contributed by atoms with Crippen LogP contribution >= 0.6 is 34.4 Å². The number of hydrogen-bond acceptors (Lipinski definition) is 6. The third kappa shape index (κ3) is 7.96. The van der Waals surface area contributed by atoms with Crippen molar-refractivity contribution in [2.75, 3.05) is 17.7 Å². The van der Waals surface area contributed by atoms with Crippen LogP contribution in [0.1, 0.15) is 43.6 Å². The number of amides is 2. The van der Waals surface area contributed by atoms with Gasteiger partial charge in [-0.2, -0.15) is 0 Å². The van der Waals surface area contributed by atoms with Crippen molar-refractivity contribution in [2.45, 2.75) is 51.9 Å². The molecule has 10 heteroatoms. The van der Waals surface area contributed by atoms with E-state index in [2.05, 4.69) is 57.3 Å². The molecule has 2 aromatic carbocycles. The highest BCUT2D eigenvalue weighted by Crippen LogP contribution is 2.27. The number of hydrogen-bond donors (Lipinski definition) is 2. The van der Waals surface area contributed by atoms with Crippen LogP contribution in [-0.2, 0) is 22.7 Å². The molecule has 0 saturated heterocycles. The van der Waals surface area contributed by atoms with Crippen molar-refractivity contribution in [3.8, 4) is 5.75 Å². The number of halogens is 1. The fraction of sp³-hybridized carbons (Fsp3) is 0.360. The van der Waals surface area contributed by atoms with Crippen LogP contribution in [0.5, 0.6) is 5.75 Å². The average molecular weight is 608 g/mol. The van der Waals surface area contributed by atoms with Gasteiger partial charge in [-0.05, 0) is 83.8 Å². The van der Waals surface area contributed by atoms with E-state index in [1.165, 1.54) is 11.8 Å². The molecule has 0 aliphatic carbocycles. The van der Waals surface area contributed by atoms with Gasteiger partial charge < -0.3 is 19.9 Å². The minimum atomic E-state index is -0.238. The van der Waals surface area contributed by atoms with Crippen LogP contribution in [0.3, 0.4) is 0 Å².